The third kappa shape index (κ3) is 4.03. The molecule has 1 amide bonds. The second kappa shape index (κ2) is 7.34. The molecule has 1 heterocycles. The van der Waals surface area contributed by atoms with Gasteiger partial charge in [-0.2, -0.15) is 5.26 Å². The van der Waals surface area contributed by atoms with Gasteiger partial charge in [-0.1, -0.05) is 29.5 Å². The molecule has 0 bridgehead atoms. The molecule has 0 aliphatic heterocycles. The number of furan rings is 1. The molecule has 0 saturated heterocycles. The van der Waals surface area contributed by atoms with Crippen molar-refractivity contribution in [3.63, 3.8) is 0 Å². The zero-order chi connectivity index (χ0) is 16.1. The number of carbonyl (C=O) groups is 1. The van der Waals surface area contributed by atoms with Crippen molar-refractivity contribution in [1.82, 2.24) is 5.32 Å². The zero-order valence-electron chi connectivity index (χ0n) is 12.0. The molecule has 1 aromatic heterocycles. The minimum absolute atomic E-state index is 0.00404. The van der Waals surface area contributed by atoms with Gasteiger partial charge in [-0.3, -0.25) is 4.79 Å². The predicted molar refractivity (Wildman–Crippen MR) is 89.4 cm³/mol. The van der Waals surface area contributed by atoms with E-state index in [0.29, 0.717) is 10.9 Å². The molecule has 0 aliphatic rings. The van der Waals surface area contributed by atoms with E-state index in [-0.39, 0.29) is 5.57 Å². The van der Waals surface area contributed by atoms with E-state index in [4.69, 9.17) is 9.68 Å². The molecule has 4 nitrogen and oxygen atoms in total. The Balaban J connectivity index is 2.24. The molecular formula is C16H13BrN2O2S. The van der Waals surface area contributed by atoms with E-state index in [2.05, 4.69) is 21.2 Å². The molecule has 0 spiro atoms. The van der Waals surface area contributed by atoms with Gasteiger partial charge in [-0.05, 0) is 41.1 Å². The maximum Gasteiger partial charge on any atom is 0.261 e. The maximum atomic E-state index is 11.5. The first kappa shape index (κ1) is 16.4. The van der Waals surface area contributed by atoms with Crippen LogP contribution in [0.4, 0.5) is 0 Å². The highest BCUT2D eigenvalue weighted by Crippen LogP contribution is 2.36. The van der Waals surface area contributed by atoms with Crippen molar-refractivity contribution in [2.45, 2.75) is 16.9 Å². The van der Waals surface area contributed by atoms with Gasteiger partial charge in [-0.15, -0.1) is 0 Å². The van der Waals surface area contributed by atoms with Crippen LogP contribution in [-0.2, 0) is 4.79 Å². The largest absolute Gasteiger partial charge is 0.449 e. The molecule has 1 aromatic carbocycles. The van der Waals surface area contributed by atoms with E-state index < -0.39 is 5.91 Å². The third-order valence-electron chi connectivity index (χ3n) is 2.78. The van der Waals surface area contributed by atoms with Crippen LogP contribution < -0.4 is 5.32 Å². The number of hydrogen-bond donors (Lipinski definition) is 1. The minimum Gasteiger partial charge on any atom is -0.449 e. The van der Waals surface area contributed by atoms with Gasteiger partial charge in [0.25, 0.3) is 5.91 Å². The van der Waals surface area contributed by atoms with Crippen LogP contribution in [0.3, 0.4) is 0 Å². The molecule has 0 aliphatic carbocycles. The lowest BCUT2D eigenvalue weighted by Crippen LogP contribution is -2.18. The van der Waals surface area contributed by atoms with Crippen LogP contribution in [0.1, 0.15) is 11.3 Å². The van der Waals surface area contributed by atoms with Crippen LogP contribution >= 0.6 is 27.7 Å². The number of nitriles is 1. The summed E-state index contributed by atoms with van der Waals surface area (Å²) in [7, 11) is 1.48. The number of amides is 1. The van der Waals surface area contributed by atoms with Crippen molar-refractivity contribution in [2.24, 2.45) is 0 Å². The first-order valence-corrected chi connectivity index (χ1v) is 8.02. The molecule has 1 N–H and O–H groups in total. The van der Waals surface area contributed by atoms with Crippen LogP contribution in [0.15, 0.2) is 54.8 Å². The Kier molecular flexibility index (Phi) is 5.47. The van der Waals surface area contributed by atoms with Crippen molar-refractivity contribution in [3.8, 4) is 6.07 Å². The van der Waals surface area contributed by atoms with E-state index in [1.807, 2.05) is 37.3 Å². The van der Waals surface area contributed by atoms with E-state index in [1.54, 1.807) is 6.07 Å². The number of nitrogens with zero attached hydrogens (tertiary/aromatic N) is 1. The van der Waals surface area contributed by atoms with Gasteiger partial charge in [0, 0.05) is 18.0 Å². The molecule has 22 heavy (non-hydrogen) atoms. The van der Waals surface area contributed by atoms with Crippen molar-refractivity contribution < 1.29 is 9.21 Å². The molecule has 2 aromatic rings. The number of carbonyl (C=O) groups excluding carboxylic acids is 1. The lowest BCUT2D eigenvalue weighted by molar-refractivity contribution is -0.116. The standard InChI is InChI=1S/C16H13BrN2O2S/c1-10-3-5-13(6-4-10)22-16-14(17)8-12(21-16)7-11(9-18)15(20)19-2/h3-8H,1-2H3,(H,19,20)/b11-7+. The van der Waals surface area contributed by atoms with E-state index in [9.17, 15) is 4.79 Å². The average molecular weight is 377 g/mol. The third-order valence-corrected chi connectivity index (χ3v) is 4.63. The summed E-state index contributed by atoms with van der Waals surface area (Å²) < 4.78 is 6.46. The lowest BCUT2D eigenvalue weighted by Gasteiger charge is -1.99. The fourth-order valence-electron chi connectivity index (χ4n) is 1.65. The number of rotatable bonds is 4. The normalized spacial score (nSPS) is 11.1. The molecule has 112 valence electrons. The van der Waals surface area contributed by atoms with Crippen molar-refractivity contribution in [2.75, 3.05) is 7.05 Å². The highest BCUT2D eigenvalue weighted by molar-refractivity contribution is 9.10. The first-order valence-electron chi connectivity index (χ1n) is 6.41. The van der Waals surface area contributed by atoms with E-state index in [1.165, 1.54) is 30.4 Å². The SMILES string of the molecule is CNC(=O)/C(C#N)=C/c1cc(Br)c(Sc2ccc(C)cc2)o1. The fourth-order valence-corrected chi connectivity index (χ4v) is 2.98. The molecule has 0 atom stereocenters. The molecule has 0 unspecified atom stereocenters. The van der Waals surface area contributed by atoms with Gasteiger partial charge >= 0.3 is 0 Å². The number of benzene rings is 1. The van der Waals surface area contributed by atoms with Crippen molar-refractivity contribution in [1.29, 1.82) is 5.26 Å². The second-order valence-corrected chi connectivity index (χ2v) is 6.35. The van der Waals surface area contributed by atoms with Crippen LogP contribution in [0, 0.1) is 18.3 Å². The Bertz CT molecular complexity index is 757. The number of likely N-dealkylation sites (N-methyl/N-ethyl adjacent to an activating group) is 1. The molecule has 6 heteroatoms. The van der Waals surface area contributed by atoms with Crippen molar-refractivity contribution >= 4 is 39.7 Å². The molecule has 0 fully saturated rings. The Morgan fingerprint density at radius 1 is 1.41 bits per heavy atom. The van der Waals surface area contributed by atoms with Gasteiger partial charge in [0.05, 0.1) is 4.47 Å². The summed E-state index contributed by atoms with van der Waals surface area (Å²) in [5, 5.41) is 12.1. The molecule has 0 radical (unpaired) electrons. The summed E-state index contributed by atoms with van der Waals surface area (Å²) in [5.74, 6) is 0.00407. The van der Waals surface area contributed by atoms with Gasteiger partial charge in [0.2, 0.25) is 0 Å². The van der Waals surface area contributed by atoms with E-state index in [0.717, 1.165) is 9.37 Å². The summed E-state index contributed by atoms with van der Waals surface area (Å²) in [5.41, 5.74) is 1.19. The fraction of sp³-hybridized carbons (Fsp3) is 0.125. The summed E-state index contributed by atoms with van der Waals surface area (Å²) in [4.78, 5) is 12.5. The van der Waals surface area contributed by atoms with Crippen molar-refractivity contribution in [3.05, 3.63) is 51.7 Å². The highest BCUT2D eigenvalue weighted by atomic mass is 79.9. The molecule has 2 rings (SSSR count). The first-order chi connectivity index (χ1) is 10.5. The van der Waals surface area contributed by atoms with E-state index >= 15 is 0 Å². The Labute approximate surface area is 141 Å². The lowest BCUT2D eigenvalue weighted by atomic mass is 10.2. The highest BCUT2D eigenvalue weighted by Gasteiger charge is 2.12. The second-order valence-electron chi connectivity index (χ2n) is 4.45. The Morgan fingerprint density at radius 2 is 2.09 bits per heavy atom. The van der Waals surface area contributed by atoms with Gasteiger partial charge in [-0.25, -0.2) is 0 Å². The number of nitrogens with one attached hydrogen (secondary N) is 1. The topological polar surface area (TPSA) is 66.0 Å². The summed E-state index contributed by atoms with van der Waals surface area (Å²) in [6.07, 6.45) is 1.42. The number of aryl methyl sites for hydroxylation is 1. The monoisotopic (exact) mass is 376 g/mol. The number of halogens is 1. The summed E-state index contributed by atoms with van der Waals surface area (Å²) in [6, 6.07) is 11.7. The van der Waals surface area contributed by atoms with Crippen LogP contribution in [0.25, 0.3) is 6.08 Å². The zero-order valence-corrected chi connectivity index (χ0v) is 14.4. The van der Waals surface area contributed by atoms with Gasteiger partial charge in [0.1, 0.15) is 17.4 Å². The Morgan fingerprint density at radius 3 is 2.68 bits per heavy atom. The predicted octanol–water partition coefficient (Wildman–Crippen LogP) is 4.15. The Hall–Kier alpha value is -1.97. The summed E-state index contributed by atoms with van der Waals surface area (Å²) >= 11 is 4.89. The maximum absolute atomic E-state index is 11.5. The summed E-state index contributed by atoms with van der Waals surface area (Å²) in [6.45, 7) is 2.03. The average Bonchev–Trinajstić information content (AvgIpc) is 2.86. The minimum atomic E-state index is -0.442. The smallest absolute Gasteiger partial charge is 0.261 e. The molecular weight excluding hydrogens is 364 g/mol. The molecule has 0 saturated carbocycles. The van der Waals surface area contributed by atoms with Crippen LogP contribution in [-0.4, -0.2) is 13.0 Å². The number of hydrogen-bond acceptors (Lipinski definition) is 4. The van der Waals surface area contributed by atoms with Crippen LogP contribution in [0.2, 0.25) is 0 Å². The van der Waals surface area contributed by atoms with Gasteiger partial charge in [0.15, 0.2) is 5.09 Å². The van der Waals surface area contributed by atoms with Gasteiger partial charge < -0.3 is 9.73 Å². The quantitative estimate of drug-likeness (QED) is 0.642. The van der Waals surface area contributed by atoms with Crippen LogP contribution in [0.5, 0.6) is 0 Å².